The number of aromatic nitrogens is 4. The third-order valence-electron chi connectivity index (χ3n) is 5.61. The van der Waals surface area contributed by atoms with E-state index in [2.05, 4.69) is 20.2 Å². The first-order valence-electron chi connectivity index (χ1n) is 10.5. The van der Waals surface area contributed by atoms with Crippen LogP contribution in [0.25, 0.3) is 22.3 Å². The zero-order chi connectivity index (χ0) is 24.7. The Labute approximate surface area is 204 Å². The smallest absolute Gasteiger partial charge is 0.326 e. The van der Waals surface area contributed by atoms with Gasteiger partial charge in [-0.25, -0.2) is 17.2 Å². The van der Waals surface area contributed by atoms with Crippen molar-refractivity contribution in [1.82, 2.24) is 24.5 Å². The summed E-state index contributed by atoms with van der Waals surface area (Å²) in [6.07, 6.45) is 1.17. The highest BCUT2D eigenvalue weighted by molar-refractivity contribution is 7.88. The average molecular weight is 521 g/mol. The maximum atomic E-state index is 14.2. The second-order valence-electron chi connectivity index (χ2n) is 7.93. The van der Waals surface area contributed by atoms with Crippen molar-refractivity contribution >= 4 is 38.5 Å². The van der Waals surface area contributed by atoms with Gasteiger partial charge in [0.25, 0.3) is 0 Å². The predicted octanol–water partition coefficient (Wildman–Crippen LogP) is 3.83. The number of hydrogen-bond acceptors (Lipinski definition) is 7. The van der Waals surface area contributed by atoms with Crippen LogP contribution >= 0.6 is 11.6 Å². The largest absolute Gasteiger partial charge is 0.421 e. The van der Waals surface area contributed by atoms with E-state index in [1.54, 1.807) is 12.1 Å². The quantitative estimate of drug-likeness (QED) is 0.426. The number of sulfonamides is 1. The Morgan fingerprint density at radius 1 is 1.06 bits per heavy atom. The molecule has 9 nitrogen and oxygen atoms in total. The maximum Gasteiger partial charge on any atom is 0.326 e. The third-order valence-corrected chi connectivity index (χ3v) is 7.24. The minimum atomic E-state index is -3.34. The predicted molar refractivity (Wildman–Crippen MR) is 127 cm³/mol. The molecule has 1 saturated heterocycles. The molecule has 5 rings (SSSR count). The van der Waals surface area contributed by atoms with Gasteiger partial charge in [-0.3, -0.25) is 5.10 Å². The van der Waals surface area contributed by atoms with Gasteiger partial charge in [0.1, 0.15) is 17.3 Å². The summed E-state index contributed by atoms with van der Waals surface area (Å²) in [5.41, 5.74) is 1.47. The molecule has 3 heterocycles. The van der Waals surface area contributed by atoms with Crippen molar-refractivity contribution in [1.29, 1.82) is 0 Å². The summed E-state index contributed by atoms with van der Waals surface area (Å²) < 4.78 is 58.4. The zero-order valence-electron chi connectivity index (χ0n) is 18.4. The van der Waals surface area contributed by atoms with Crippen LogP contribution in [0.4, 0.5) is 14.6 Å². The van der Waals surface area contributed by atoms with Crippen molar-refractivity contribution in [3.63, 3.8) is 0 Å². The summed E-state index contributed by atoms with van der Waals surface area (Å²) in [5, 5.41) is 8.27. The van der Waals surface area contributed by atoms with Crippen LogP contribution in [0.15, 0.2) is 42.5 Å². The zero-order valence-corrected chi connectivity index (χ0v) is 19.9. The van der Waals surface area contributed by atoms with Gasteiger partial charge < -0.3 is 9.64 Å². The van der Waals surface area contributed by atoms with Crippen molar-refractivity contribution in [2.75, 3.05) is 37.3 Å². The summed E-state index contributed by atoms with van der Waals surface area (Å²) in [5.74, 6) is -1.47. The van der Waals surface area contributed by atoms with E-state index in [1.807, 2.05) is 17.0 Å². The molecule has 1 fully saturated rings. The average Bonchev–Trinajstić information content (AvgIpc) is 3.24. The van der Waals surface area contributed by atoms with Gasteiger partial charge >= 0.3 is 6.01 Å². The minimum Gasteiger partial charge on any atom is -0.421 e. The first-order valence-corrected chi connectivity index (χ1v) is 12.8. The molecule has 182 valence electrons. The summed E-state index contributed by atoms with van der Waals surface area (Å²) in [6, 6.07) is 9.88. The number of hydrogen-bond donors (Lipinski definition) is 1. The lowest BCUT2D eigenvalue weighted by Gasteiger charge is -2.34. The molecule has 0 unspecified atom stereocenters. The second-order valence-corrected chi connectivity index (χ2v) is 10.3. The number of nitrogens with one attached hydrogen (secondary N) is 1. The van der Waals surface area contributed by atoms with Crippen LogP contribution in [0, 0.1) is 11.6 Å². The number of rotatable bonds is 5. The summed E-state index contributed by atoms with van der Waals surface area (Å²) in [4.78, 5) is 10.7. The number of piperazine rings is 1. The van der Waals surface area contributed by atoms with E-state index in [4.69, 9.17) is 16.3 Å². The molecule has 1 aliphatic rings. The van der Waals surface area contributed by atoms with Gasteiger partial charge in [-0.1, -0.05) is 29.8 Å². The van der Waals surface area contributed by atoms with Crippen LogP contribution in [0.2, 0.25) is 5.02 Å². The Morgan fingerprint density at radius 3 is 2.49 bits per heavy atom. The summed E-state index contributed by atoms with van der Waals surface area (Å²) >= 11 is 6.41. The Hall–Kier alpha value is -3.35. The van der Waals surface area contributed by atoms with Gasteiger partial charge in [0.15, 0.2) is 17.2 Å². The standard InChI is InChI=1S/C22H19ClF2N6O3S/c1-35(32,33)31-10-8-30(9-11-31)21-18-19(14-4-2-3-5-15(14)23)28-29-20(18)26-22(27-21)34-17-7-6-13(24)12-16(17)25/h2-7,12H,8-11H2,1H3,(H,26,27,28,29). The topological polar surface area (TPSA) is 104 Å². The van der Waals surface area contributed by atoms with Crippen LogP contribution in [0.1, 0.15) is 0 Å². The van der Waals surface area contributed by atoms with Crippen LogP contribution in [-0.4, -0.2) is 65.3 Å². The van der Waals surface area contributed by atoms with Crippen LogP contribution < -0.4 is 9.64 Å². The van der Waals surface area contributed by atoms with Gasteiger partial charge in [-0.05, 0) is 18.2 Å². The molecule has 2 aromatic carbocycles. The monoisotopic (exact) mass is 520 g/mol. The van der Waals surface area contributed by atoms with E-state index in [0.717, 1.165) is 12.1 Å². The number of halogens is 3. The number of aromatic amines is 1. The van der Waals surface area contributed by atoms with E-state index in [0.29, 0.717) is 52.3 Å². The fourth-order valence-electron chi connectivity index (χ4n) is 3.90. The van der Waals surface area contributed by atoms with E-state index in [1.165, 1.54) is 10.6 Å². The van der Waals surface area contributed by atoms with Gasteiger partial charge in [-0.2, -0.15) is 19.4 Å². The highest BCUT2D eigenvalue weighted by Crippen LogP contribution is 2.37. The molecular formula is C22H19ClF2N6O3S. The first-order chi connectivity index (χ1) is 16.7. The van der Waals surface area contributed by atoms with E-state index in [9.17, 15) is 17.2 Å². The molecule has 0 bridgehead atoms. The Morgan fingerprint density at radius 2 is 1.80 bits per heavy atom. The van der Waals surface area contributed by atoms with Crippen LogP contribution in [-0.2, 0) is 10.0 Å². The van der Waals surface area contributed by atoms with Gasteiger partial charge in [0.2, 0.25) is 10.0 Å². The lowest BCUT2D eigenvalue weighted by atomic mass is 10.1. The number of fused-ring (bicyclic) bond motifs is 1. The third kappa shape index (κ3) is 4.64. The van der Waals surface area contributed by atoms with Crippen molar-refractivity contribution in [2.45, 2.75) is 0 Å². The number of nitrogens with zero attached hydrogens (tertiary/aromatic N) is 5. The minimum absolute atomic E-state index is 0.182. The van der Waals surface area contributed by atoms with Gasteiger partial charge in [-0.15, -0.1) is 0 Å². The van der Waals surface area contributed by atoms with Crippen molar-refractivity contribution in [3.05, 3.63) is 59.1 Å². The van der Waals surface area contributed by atoms with Gasteiger partial charge in [0.05, 0.1) is 16.7 Å². The van der Waals surface area contributed by atoms with Crippen molar-refractivity contribution < 1.29 is 21.9 Å². The fraction of sp³-hybridized carbons (Fsp3) is 0.227. The molecule has 1 aliphatic heterocycles. The van der Waals surface area contributed by atoms with Gasteiger partial charge in [0, 0.05) is 37.8 Å². The fourth-order valence-corrected chi connectivity index (χ4v) is 4.95. The molecule has 4 aromatic rings. The summed E-state index contributed by atoms with van der Waals surface area (Å²) in [6.45, 7) is 1.20. The molecule has 0 saturated carbocycles. The van der Waals surface area contributed by atoms with E-state index >= 15 is 0 Å². The lowest BCUT2D eigenvalue weighted by Crippen LogP contribution is -2.48. The molecule has 35 heavy (non-hydrogen) atoms. The highest BCUT2D eigenvalue weighted by Gasteiger charge is 2.28. The summed E-state index contributed by atoms with van der Waals surface area (Å²) in [7, 11) is -3.34. The number of ether oxygens (including phenoxy) is 1. The van der Waals surface area contributed by atoms with Crippen LogP contribution in [0.3, 0.4) is 0 Å². The molecule has 2 aromatic heterocycles. The first kappa shape index (κ1) is 23.4. The molecule has 0 radical (unpaired) electrons. The Kier molecular flexibility index (Phi) is 6.03. The number of H-pyrrole nitrogens is 1. The normalized spacial score (nSPS) is 15.0. The molecule has 1 N–H and O–H groups in total. The highest BCUT2D eigenvalue weighted by atomic mass is 35.5. The SMILES string of the molecule is CS(=O)(=O)N1CCN(c2nc(Oc3ccc(F)cc3F)nc3[nH]nc(-c4ccccc4Cl)c23)CC1. The molecule has 0 spiro atoms. The number of anilines is 1. The molecule has 0 amide bonds. The second kappa shape index (κ2) is 9.02. The molecule has 13 heteroatoms. The van der Waals surface area contributed by atoms with Crippen molar-refractivity contribution in [3.8, 4) is 23.0 Å². The Bertz CT molecular complexity index is 1520. The maximum absolute atomic E-state index is 14.2. The van der Waals surface area contributed by atoms with E-state index < -0.39 is 21.7 Å². The molecular weight excluding hydrogens is 502 g/mol. The van der Waals surface area contributed by atoms with E-state index in [-0.39, 0.29) is 24.8 Å². The Balaban J connectivity index is 1.61. The number of benzene rings is 2. The lowest BCUT2D eigenvalue weighted by molar-refractivity contribution is 0.384. The van der Waals surface area contributed by atoms with Crippen molar-refractivity contribution in [2.24, 2.45) is 0 Å². The molecule has 0 aliphatic carbocycles. The molecule has 0 atom stereocenters. The van der Waals surface area contributed by atoms with Crippen LogP contribution in [0.5, 0.6) is 11.8 Å².